The fourth-order valence-corrected chi connectivity index (χ4v) is 3.46. The van der Waals surface area contributed by atoms with Crippen molar-refractivity contribution >= 4 is 23.4 Å². The first kappa shape index (κ1) is 19.1. The molecule has 6 nitrogen and oxygen atoms in total. The van der Waals surface area contributed by atoms with E-state index in [-0.39, 0.29) is 28.8 Å². The van der Waals surface area contributed by atoms with Crippen LogP contribution < -0.4 is 17.0 Å². The van der Waals surface area contributed by atoms with Gasteiger partial charge >= 0.3 is 5.69 Å². The number of thioether (sulfide) groups is 1. The van der Waals surface area contributed by atoms with Crippen molar-refractivity contribution in [2.45, 2.75) is 39.1 Å². The Morgan fingerprint density at radius 2 is 1.96 bits per heavy atom. The summed E-state index contributed by atoms with van der Waals surface area (Å²) >= 11 is 1.35. The van der Waals surface area contributed by atoms with E-state index in [4.69, 9.17) is 5.73 Å². The van der Waals surface area contributed by atoms with E-state index in [9.17, 15) is 14.4 Å². The molecule has 0 bridgehead atoms. The molecule has 0 radical (unpaired) electrons. The van der Waals surface area contributed by atoms with Crippen LogP contribution in [0.2, 0.25) is 0 Å². The molecule has 25 heavy (non-hydrogen) atoms. The molecule has 1 aromatic carbocycles. The molecule has 0 atom stereocenters. The molecule has 0 saturated carbocycles. The topological polar surface area (TPSA) is 97.9 Å². The van der Waals surface area contributed by atoms with Gasteiger partial charge in [0.25, 0.3) is 5.56 Å². The van der Waals surface area contributed by atoms with Crippen LogP contribution in [0, 0.1) is 19.8 Å². The smallest absolute Gasteiger partial charge is 0.329 e. The van der Waals surface area contributed by atoms with E-state index in [1.807, 2.05) is 45.9 Å². The minimum atomic E-state index is -0.728. The Kier molecular flexibility index (Phi) is 5.89. The Morgan fingerprint density at radius 3 is 2.56 bits per heavy atom. The summed E-state index contributed by atoms with van der Waals surface area (Å²) in [5.74, 6) is -0.217. The number of aromatic nitrogens is 2. The zero-order valence-corrected chi connectivity index (χ0v) is 15.7. The van der Waals surface area contributed by atoms with Gasteiger partial charge in [-0.25, -0.2) is 4.79 Å². The number of nitrogens with two attached hydrogens (primary N) is 1. The van der Waals surface area contributed by atoms with Crippen molar-refractivity contribution in [2.75, 3.05) is 11.5 Å². The van der Waals surface area contributed by atoms with Gasteiger partial charge in [0.1, 0.15) is 11.4 Å². The van der Waals surface area contributed by atoms with Crippen LogP contribution in [0.4, 0.5) is 5.82 Å². The number of carbonyl (C=O) groups is 1. The van der Waals surface area contributed by atoms with Crippen molar-refractivity contribution in [1.29, 1.82) is 0 Å². The summed E-state index contributed by atoms with van der Waals surface area (Å²) in [5.41, 5.74) is 6.73. The number of carbonyl (C=O) groups excluding carboxylic acids is 1. The van der Waals surface area contributed by atoms with E-state index in [0.29, 0.717) is 6.54 Å². The fourth-order valence-electron chi connectivity index (χ4n) is 2.58. The average molecular weight is 361 g/mol. The third-order valence-electron chi connectivity index (χ3n) is 3.76. The Balaban J connectivity index is 2.30. The van der Waals surface area contributed by atoms with Gasteiger partial charge in [0.15, 0.2) is 5.78 Å². The molecule has 0 saturated heterocycles. The van der Waals surface area contributed by atoms with Crippen LogP contribution in [0.15, 0.2) is 32.7 Å². The number of nitrogens with zero attached hydrogens (tertiary/aromatic N) is 1. The predicted octanol–water partition coefficient (Wildman–Crippen LogP) is 2.37. The second-order valence-electron chi connectivity index (χ2n) is 6.50. The van der Waals surface area contributed by atoms with Crippen LogP contribution in [-0.4, -0.2) is 21.1 Å². The number of rotatable bonds is 6. The van der Waals surface area contributed by atoms with Crippen LogP contribution in [0.1, 0.15) is 35.3 Å². The molecule has 134 valence electrons. The number of hydrogen-bond acceptors (Lipinski definition) is 5. The number of aryl methyl sites for hydroxylation is 2. The van der Waals surface area contributed by atoms with Gasteiger partial charge in [-0.1, -0.05) is 31.5 Å². The number of Topliss-reactive ketones (excluding diaryl/α,β-unsaturated/α-hetero) is 1. The number of nitrogen functional groups attached to an aromatic ring is 1. The molecule has 0 aliphatic rings. The lowest BCUT2D eigenvalue weighted by molar-refractivity contribution is 0.102. The van der Waals surface area contributed by atoms with Gasteiger partial charge in [-0.2, -0.15) is 0 Å². The number of aromatic amines is 1. The summed E-state index contributed by atoms with van der Waals surface area (Å²) in [5, 5.41) is 0. The first-order chi connectivity index (χ1) is 11.7. The highest BCUT2D eigenvalue weighted by molar-refractivity contribution is 8.00. The van der Waals surface area contributed by atoms with Crippen molar-refractivity contribution in [2.24, 2.45) is 5.92 Å². The van der Waals surface area contributed by atoms with Crippen molar-refractivity contribution in [1.82, 2.24) is 9.55 Å². The maximum absolute atomic E-state index is 12.6. The third kappa shape index (κ3) is 4.42. The monoisotopic (exact) mass is 361 g/mol. The number of ketones is 1. The van der Waals surface area contributed by atoms with E-state index in [1.165, 1.54) is 16.3 Å². The van der Waals surface area contributed by atoms with E-state index in [1.54, 1.807) is 0 Å². The molecule has 2 aromatic rings. The van der Waals surface area contributed by atoms with Crippen LogP contribution >= 0.6 is 11.8 Å². The summed E-state index contributed by atoms with van der Waals surface area (Å²) in [4.78, 5) is 39.7. The summed E-state index contributed by atoms with van der Waals surface area (Å²) < 4.78 is 1.25. The quantitative estimate of drug-likeness (QED) is 0.608. The first-order valence-corrected chi connectivity index (χ1v) is 9.05. The summed E-state index contributed by atoms with van der Waals surface area (Å²) in [7, 11) is 0. The molecule has 2 rings (SSSR count). The van der Waals surface area contributed by atoms with Crippen LogP contribution in [0.25, 0.3) is 0 Å². The van der Waals surface area contributed by atoms with Crippen molar-refractivity contribution < 1.29 is 4.79 Å². The molecular formula is C18H23N3O3S. The minimum Gasteiger partial charge on any atom is -0.384 e. The summed E-state index contributed by atoms with van der Waals surface area (Å²) in [6.07, 6.45) is 0. The van der Waals surface area contributed by atoms with Crippen molar-refractivity contribution in [3.05, 3.63) is 55.7 Å². The lowest BCUT2D eigenvalue weighted by Gasteiger charge is -2.14. The molecule has 3 N–H and O–H groups in total. The molecule has 1 aromatic heterocycles. The number of anilines is 1. The number of benzene rings is 1. The van der Waals surface area contributed by atoms with Crippen LogP contribution in [0.5, 0.6) is 0 Å². The second kappa shape index (κ2) is 7.74. The molecule has 0 unspecified atom stereocenters. The molecule has 0 spiro atoms. The molecule has 0 amide bonds. The van der Waals surface area contributed by atoms with Gasteiger partial charge in [-0.05, 0) is 31.4 Å². The van der Waals surface area contributed by atoms with Gasteiger partial charge < -0.3 is 5.73 Å². The maximum Gasteiger partial charge on any atom is 0.329 e. The number of hydrogen-bond donors (Lipinski definition) is 2. The van der Waals surface area contributed by atoms with Crippen molar-refractivity contribution in [3.8, 4) is 0 Å². The van der Waals surface area contributed by atoms with Gasteiger partial charge in [0, 0.05) is 11.4 Å². The highest BCUT2D eigenvalue weighted by Crippen LogP contribution is 2.24. The molecular weight excluding hydrogens is 338 g/mol. The fraction of sp³-hybridized carbons (Fsp3) is 0.389. The predicted molar refractivity (Wildman–Crippen MR) is 102 cm³/mol. The lowest BCUT2D eigenvalue weighted by atomic mass is 10.2. The summed E-state index contributed by atoms with van der Waals surface area (Å²) in [6.45, 7) is 8.17. The first-order valence-electron chi connectivity index (χ1n) is 8.06. The van der Waals surface area contributed by atoms with E-state index in [0.717, 1.165) is 16.0 Å². The van der Waals surface area contributed by atoms with Crippen LogP contribution in [0.3, 0.4) is 0 Å². The van der Waals surface area contributed by atoms with E-state index >= 15 is 0 Å². The standard InChI is InChI=1S/C18H23N3O3S/c1-10(2)8-21-16(19)15(17(23)20-18(21)24)13(22)9-25-14-6-5-11(3)7-12(14)4/h5-7,10H,8-9,19H2,1-4H3,(H,20,23,24). The highest BCUT2D eigenvalue weighted by Gasteiger charge is 2.20. The Morgan fingerprint density at radius 1 is 1.28 bits per heavy atom. The Labute approximate surface area is 150 Å². The van der Waals surface area contributed by atoms with E-state index in [2.05, 4.69) is 4.98 Å². The minimum absolute atomic E-state index is 0.0614. The zero-order valence-electron chi connectivity index (χ0n) is 14.9. The molecule has 0 aliphatic carbocycles. The number of nitrogens with one attached hydrogen (secondary N) is 1. The van der Waals surface area contributed by atoms with Gasteiger partial charge in [0.2, 0.25) is 0 Å². The molecule has 0 aliphatic heterocycles. The SMILES string of the molecule is Cc1ccc(SCC(=O)c2c(N)n(CC(C)C)c(=O)[nH]c2=O)c(C)c1. The maximum atomic E-state index is 12.6. The molecule has 0 fully saturated rings. The summed E-state index contributed by atoms with van der Waals surface area (Å²) in [6, 6.07) is 5.97. The largest absolute Gasteiger partial charge is 0.384 e. The molecule has 7 heteroatoms. The highest BCUT2D eigenvalue weighted by atomic mass is 32.2. The second-order valence-corrected chi connectivity index (χ2v) is 7.52. The Hall–Kier alpha value is -2.28. The average Bonchev–Trinajstić information content (AvgIpc) is 2.50. The van der Waals surface area contributed by atoms with E-state index < -0.39 is 11.2 Å². The Bertz CT molecular complexity index is 913. The van der Waals surface area contributed by atoms with Gasteiger partial charge in [0.05, 0.1) is 5.75 Å². The van der Waals surface area contributed by atoms with Gasteiger partial charge in [-0.3, -0.25) is 19.1 Å². The van der Waals surface area contributed by atoms with Crippen molar-refractivity contribution in [3.63, 3.8) is 0 Å². The normalized spacial score (nSPS) is 11.1. The molecule has 1 heterocycles. The number of H-pyrrole nitrogens is 1. The zero-order chi connectivity index (χ0) is 18.7. The van der Waals surface area contributed by atoms with Crippen LogP contribution in [-0.2, 0) is 6.54 Å². The third-order valence-corrected chi connectivity index (χ3v) is 4.93. The lowest BCUT2D eigenvalue weighted by Crippen LogP contribution is -2.37. The van der Waals surface area contributed by atoms with Gasteiger partial charge in [-0.15, -0.1) is 11.8 Å².